The molecule has 0 radical (unpaired) electrons. The van der Waals surface area contributed by atoms with Gasteiger partial charge in [0.25, 0.3) is 0 Å². The van der Waals surface area contributed by atoms with Gasteiger partial charge in [-0.05, 0) is 43.3 Å². The molecule has 0 atom stereocenters. The van der Waals surface area contributed by atoms with Crippen molar-refractivity contribution in [2.75, 3.05) is 19.1 Å². The van der Waals surface area contributed by atoms with Gasteiger partial charge in [-0.15, -0.1) is 11.3 Å². The standard InChI is InChI=1S/C19H19N3O2S/c1-3-24-18-7-5-4-6-15(18)12-20-22-19-21-17(13-25-19)14-8-10-16(23-2)11-9-14/h4-13H,3H2,1-2H3,(H,21,22)/b20-12-. The third-order valence-electron chi connectivity index (χ3n) is 3.47. The molecule has 0 unspecified atom stereocenters. The van der Waals surface area contributed by atoms with Gasteiger partial charge < -0.3 is 9.47 Å². The van der Waals surface area contributed by atoms with Crippen LogP contribution in [0.1, 0.15) is 12.5 Å². The van der Waals surface area contributed by atoms with E-state index in [0.29, 0.717) is 6.61 Å². The van der Waals surface area contributed by atoms with E-state index in [-0.39, 0.29) is 0 Å². The van der Waals surface area contributed by atoms with Crippen molar-refractivity contribution in [3.8, 4) is 22.8 Å². The Hall–Kier alpha value is -2.86. The van der Waals surface area contributed by atoms with E-state index >= 15 is 0 Å². The Morgan fingerprint density at radius 3 is 2.72 bits per heavy atom. The van der Waals surface area contributed by atoms with Crippen LogP contribution >= 0.6 is 11.3 Å². The van der Waals surface area contributed by atoms with Crippen LogP contribution in [0.3, 0.4) is 0 Å². The number of nitrogens with one attached hydrogen (secondary N) is 1. The Balaban J connectivity index is 1.67. The molecule has 5 nitrogen and oxygen atoms in total. The molecule has 25 heavy (non-hydrogen) atoms. The molecule has 3 aromatic rings. The summed E-state index contributed by atoms with van der Waals surface area (Å²) in [6, 6.07) is 15.6. The highest BCUT2D eigenvalue weighted by atomic mass is 32.1. The minimum Gasteiger partial charge on any atom is -0.497 e. The van der Waals surface area contributed by atoms with Crippen molar-refractivity contribution >= 4 is 22.7 Å². The van der Waals surface area contributed by atoms with Crippen LogP contribution in [0, 0.1) is 0 Å². The molecule has 0 spiro atoms. The molecule has 0 aliphatic carbocycles. The Bertz CT molecular complexity index is 844. The molecular formula is C19H19N3O2S. The molecule has 0 amide bonds. The first-order chi connectivity index (χ1) is 12.3. The Morgan fingerprint density at radius 2 is 1.96 bits per heavy atom. The quantitative estimate of drug-likeness (QED) is 0.496. The highest BCUT2D eigenvalue weighted by Crippen LogP contribution is 2.26. The molecule has 1 heterocycles. The van der Waals surface area contributed by atoms with Gasteiger partial charge in [0.15, 0.2) is 0 Å². The zero-order valence-corrected chi connectivity index (χ0v) is 14.9. The van der Waals surface area contributed by atoms with Gasteiger partial charge >= 0.3 is 0 Å². The first-order valence-corrected chi connectivity index (χ1v) is 8.79. The maximum atomic E-state index is 5.58. The summed E-state index contributed by atoms with van der Waals surface area (Å²) < 4.78 is 10.8. The SMILES string of the molecule is CCOc1ccccc1/C=N\Nc1nc(-c2ccc(OC)cc2)cs1. The number of thiazole rings is 1. The lowest BCUT2D eigenvalue weighted by Crippen LogP contribution is -1.97. The Kier molecular flexibility index (Phi) is 5.64. The summed E-state index contributed by atoms with van der Waals surface area (Å²) in [5.41, 5.74) is 5.83. The second kappa shape index (κ2) is 8.30. The first-order valence-electron chi connectivity index (χ1n) is 7.91. The predicted octanol–water partition coefficient (Wildman–Crippen LogP) is 4.66. The zero-order valence-electron chi connectivity index (χ0n) is 14.1. The fourth-order valence-corrected chi connectivity index (χ4v) is 2.92. The van der Waals surface area contributed by atoms with Gasteiger partial charge in [-0.2, -0.15) is 5.10 Å². The number of benzene rings is 2. The van der Waals surface area contributed by atoms with Gasteiger partial charge in [-0.25, -0.2) is 4.98 Å². The highest BCUT2D eigenvalue weighted by molar-refractivity contribution is 7.14. The van der Waals surface area contributed by atoms with Gasteiger partial charge in [0.1, 0.15) is 11.5 Å². The Morgan fingerprint density at radius 1 is 1.16 bits per heavy atom. The zero-order chi connectivity index (χ0) is 17.5. The smallest absolute Gasteiger partial charge is 0.203 e. The van der Waals surface area contributed by atoms with Crippen LogP contribution in [0.4, 0.5) is 5.13 Å². The van der Waals surface area contributed by atoms with Crippen molar-refractivity contribution in [2.24, 2.45) is 5.10 Å². The van der Waals surface area contributed by atoms with Crippen molar-refractivity contribution in [3.05, 3.63) is 59.5 Å². The van der Waals surface area contributed by atoms with Crippen LogP contribution in [0.5, 0.6) is 11.5 Å². The lowest BCUT2D eigenvalue weighted by Gasteiger charge is -2.05. The van der Waals surface area contributed by atoms with Gasteiger partial charge in [0.2, 0.25) is 5.13 Å². The molecular weight excluding hydrogens is 334 g/mol. The van der Waals surface area contributed by atoms with Crippen molar-refractivity contribution < 1.29 is 9.47 Å². The van der Waals surface area contributed by atoms with Gasteiger partial charge in [0.05, 0.1) is 25.6 Å². The fourth-order valence-electron chi connectivity index (χ4n) is 2.25. The summed E-state index contributed by atoms with van der Waals surface area (Å²) in [4.78, 5) is 4.55. The van der Waals surface area contributed by atoms with E-state index < -0.39 is 0 Å². The highest BCUT2D eigenvalue weighted by Gasteiger charge is 2.04. The predicted molar refractivity (Wildman–Crippen MR) is 103 cm³/mol. The van der Waals surface area contributed by atoms with Crippen molar-refractivity contribution in [2.45, 2.75) is 6.92 Å². The summed E-state index contributed by atoms with van der Waals surface area (Å²) >= 11 is 1.51. The summed E-state index contributed by atoms with van der Waals surface area (Å²) in [5, 5.41) is 6.99. The monoisotopic (exact) mass is 353 g/mol. The van der Waals surface area contributed by atoms with Crippen LogP contribution < -0.4 is 14.9 Å². The number of para-hydroxylation sites is 1. The third-order valence-corrected chi connectivity index (χ3v) is 4.22. The van der Waals surface area contributed by atoms with Gasteiger partial charge in [0, 0.05) is 16.5 Å². The van der Waals surface area contributed by atoms with Crippen LogP contribution in [0.25, 0.3) is 11.3 Å². The average molecular weight is 353 g/mol. The third kappa shape index (κ3) is 4.36. The van der Waals surface area contributed by atoms with E-state index in [4.69, 9.17) is 9.47 Å². The van der Waals surface area contributed by atoms with Crippen molar-refractivity contribution in [3.63, 3.8) is 0 Å². The fraction of sp³-hybridized carbons (Fsp3) is 0.158. The first kappa shape index (κ1) is 17.0. The van der Waals surface area contributed by atoms with Crippen LogP contribution in [-0.4, -0.2) is 24.9 Å². The topological polar surface area (TPSA) is 55.7 Å². The van der Waals surface area contributed by atoms with Crippen molar-refractivity contribution in [1.82, 2.24) is 4.98 Å². The average Bonchev–Trinajstić information content (AvgIpc) is 3.12. The number of rotatable bonds is 7. The number of hydrogen-bond acceptors (Lipinski definition) is 6. The molecule has 0 saturated heterocycles. The summed E-state index contributed by atoms with van der Waals surface area (Å²) in [5.74, 6) is 1.64. The molecule has 0 saturated carbocycles. The second-order valence-corrected chi connectivity index (χ2v) is 5.97. The molecule has 3 rings (SSSR count). The van der Waals surface area contributed by atoms with E-state index in [1.807, 2.05) is 60.8 Å². The summed E-state index contributed by atoms with van der Waals surface area (Å²) in [7, 11) is 1.65. The van der Waals surface area contributed by atoms with Crippen LogP contribution in [0.15, 0.2) is 59.0 Å². The minimum atomic E-state index is 0.621. The molecule has 6 heteroatoms. The van der Waals surface area contributed by atoms with Crippen LogP contribution in [-0.2, 0) is 0 Å². The summed E-state index contributed by atoms with van der Waals surface area (Å²) in [6.45, 7) is 2.58. The number of ether oxygens (including phenoxy) is 2. The number of aromatic nitrogens is 1. The van der Waals surface area contributed by atoms with E-state index in [0.717, 1.165) is 33.5 Å². The molecule has 1 N–H and O–H groups in total. The number of methoxy groups -OCH3 is 1. The molecule has 0 aliphatic rings. The van der Waals surface area contributed by atoms with E-state index in [1.54, 1.807) is 13.3 Å². The second-order valence-electron chi connectivity index (χ2n) is 5.11. The molecule has 0 bridgehead atoms. The number of hydrogen-bond donors (Lipinski definition) is 1. The van der Waals surface area contributed by atoms with E-state index in [2.05, 4.69) is 15.5 Å². The lowest BCUT2D eigenvalue weighted by molar-refractivity contribution is 0.340. The molecule has 128 valence electrons. The molecule has 1 aromatic heterocycles. The Labute approximate surface area is 151 Å². The van der Waals surface area contributed by atoms with Crippen molar-refractivity contribution in [1.29, 1.82) is 0 Å². The molecule has 0 aliphatic heterocycles. The van der Waals surface area contributed by atoms with E-state index in [1.165, 1.54) is 11.3 Å². The minimum absolute atomic E-state index is 0.621. The van der Waals surface area contributed by atoms with Crippen LogP contribution in [0.2, 0.25) is 0 Å². The lowest BCUT2D eigenvalue weighted by atomic mass is 10.2. The number of anilines is 1. The largest absolute Gasteiger partial charge is 0.497 e. The van der Waals surface area contributed by atoms with Gasteiger partial charge in [-0.3, -0.25) is 5.43 Å². The molecule has 0 fully saturated rings. The summed E-state index contributed by atoms with van der Waals surface area (Å²) in [6.07, 6.45) is 1.74. The maximum absolute atomic E-state index is 5.58. The van der Waals surface area contributed by atoms with Gasteiger partial charge in [-0.1, -0.05) is 12.1 Å². The number of nitrogens with zero attached hydrogens (tertiary/aromatic N) is 2. The maximum Gasteiger partial charge on any atom is 0.203 e. The normalized spacial score (nSPS) is 10.8. The number of hydrazone groups is 1. The van der Waals surface area contributed by atoms with E-state index in [9.17, 15) is 0 Å². The molecule has 2 aromatic carbocycles.